The van der Waals surface area contributed by atoms with Gasteiger partial charge in [0.2, 0.25) is 0 Å². The van der Waals surface area contributed by atoms with Gasteiger partial charge in [-0.3, -0.25) is 4.79 Å². The lowest BCUT2D eigenvalue weighted by molar-refractivity contribution is -0.0693. The fraction of sp³-hybridized carbons (Fsp3) is 0.381. The molecule has 9 heteroatoms. The first-order chi connectivity index (χ1) is 14.2. The maximum absolute atomic E-state index is 13.1. The molecule has 0 unspecified atom stereocenters. The molecule has 0 atom stereocenters. The number of hydrogen-bond donors (Lipinski definition) is 2. The molecule has 3 rings (SSSR count). The van der Waals surface area contributed by atoms with Crippen LogP contribution in [0.2, 0.25) is 0 Å². The maximum Gasteiger partial charge on any atom is 0.420 e. The fourth-order valence-electron chi connectivity index (χ4n) is 2.90. The average Bonchev–Trinajstić information content (AvgIpc) is 3.04. The Kier molecular flexibility index (Phi) is 8.46. The highest BCUT2D eigenvalue weighted by Crippen LogP contribution is 2.32. The van der Waals surface area contributed by atoms with E-state index in [1.54, 1.807) is 0 Å². The van der Waals surface area contributed by atoms with Gasteiger partial charge >= 0.3 is 6.18 Å². The van der Waals surface area contributed by atoms with Crippen molar-refractivity contribution in [1.29, 1.82) is 5.41 Å². The number of carbonyl (C=O) groups excluding carboxylic acids is 1. The number of nitrogens with one attached hydrogen (secondary N) is 2. The lowest BCUT2D eigenvalue weighted by Crippen LogP contribution is -2.18. The lowest BCUT2D eigenvalue weighted by atomic mass is 10.1. The van der Waals surface area contributed by atoms with Gasteiger partial charge in [-0.25, -0.2) is 9.37 Å². The molecular weight excluding hydrogens is 400 g/mol. The van der Waals surface area contributed by atoms with E-state index in [0.717, 1.165) is 18.3 Å². The minimum absolute atomic E-state index is 0.113. The van der Waals surface area contributed by atoms with Crippen molar-refractivity contribution in [2.24, 2.45) is 0 Å². The summed E-state index contributed by atoms with van der Waals surface area (Å²) in [4.78, 5) is 18.6. The molecule has 0 amide bonds. The number of hydrogen-bond acceptors (Lipinski definition) is 4. The first kappa shape index (κ1) is 23.5. The topological polar surface area (TPSA) is 72.8 Å². The molecule has 0 aliphatic carbocycles. The molecule has 2 heterocycles. The van der Waals surface area contributed by atoms with Crippen LogP contribution in [0, 0.1) is 11.2 Å². The lowest BCUT2D eigenvalue weighted by Gasteiger charge is -2.10. The number of H-pyrrole nitrogens is 1. The van der Waals surface area contributed by atoms with Crippen LogP contribution in [0.15, 0.2) is 36.5 Å². The molecule has 1 aromatic heterocycles. The number of benzene rings is 1. The van der Waals surface area contributed by atoms with Gasteiger partial charge in [-0.2, -0.15) is 13.2 Å². The number of rotatable bonds is 4. The zero-order chi connectivity index (χ0) is 22.1. The summed E-state index contributed by atoms with van der Waals surface area (Å²) in [6, 6.07) is 4.48. The van der Waals surface area contributed by atoms with Crippen LogP contribution in [-0.4, -0.2) is 53.2 Å². The van der Waals surface area contributed by atoms with Gasteiger partial charge in [0.1, 0.15) is 17.2 Å². The number of likely N-dealkylation sites (tertiary alicyclic amines) is 1. The Labute approximate surface area is 172 Å². The van der Waals surface area contributed by atoms with Crippen molar-refractivity contribution in [2.75, 3.05) is 20.1 Å². The number of alkyl halides is 3. The Bertz CT molecular complexity index is 864. The van der Waals surface area contributed by atoms with Gasteiger partial charge in [0, 0.05) is 0 Å². The molecule has 0 spiro atoms. The van der Waals surface area contributed by atoms with E-state index in [4.69, 9.17) is 5.41 Å². The second kappa shape index (κ2) is 10.8. The Balaban J connectivity index is 0.000000335. The smallest absolute Gasteiger partial charge is 0.336 e. The van der Waals surface area contributed by atoms with Crippen molar-refractivity contribution >= 4 is 17.6 Å². The van der Waals surface area contributed by atoms with Gasteiger partial charge in [-0.15, -0.1) is 0 Å². The van der Waals surface area contributed by atoms with Crippen LogP contribution in [0.4, 0.5) is 17.6 Å². The van der Waals surface area contributed by atoms with Crippen LogP contribution in [0.25, 0.3) is 5.57 Å². The van der Waals surface area contributed by atoms with E-state index < -0.39 is 29.1 Å². The first-order valence-electron chi connectivity index (χ1n) is 9.53. The monoisotopic (exact) mass is 424 g/mol. The number of imidazole rings is 1. The highest BCUT2D eigenvalue weighted by atomic mass is 19.4. The molecule has 1 aliphatic rings. The average molecular weight is 424 g/mol. The third-order valence-electron chi connectivity index (χ3n) is 4.56. The highest BCUT2D eigenvalue weighted by molar-refractivity contribution is 6.10. The van der Waals surface area contributed by atoms with Crippen LogP contribution >= 0.6 is 0 Å². The van der Waals surface area contributed by atoms with E-state index in [2.05, 4.69) is 21.9 Å². The molecule has 1 saturated heterocycles. The maximum atomic E-state index is 13.1. The minimum Gasteiger partial charge on any atom is -0.336 e. The quantitative estimate of drug-likeness (QED) is 0.418. The third-order valence-corrected chi connectivity index (χ3v) is 4.56. The number of nitrogens with zero attached hydrogens (tertiary/aromatic N) is 2. The highest BCUT2D eigenvalue weighted by Gasteiger charge is 2.37. The van der Waals surface area contributed by atoms with Crippen molar-refractivity contribution in [3.8, 4) is 0 Å². The Morgan fingerprint density at radius 1 is 1.13 bits per heavy atom. The van der Waals surface area contributed by atoms with Crippen LogP contribution in [0.5, 0.6) is 0 Å². The number of aromatic amines is 1. The third kappa shape index (κ3) is 7.22. The summed E-state index contributed by atoms with van der Waals surface area (Å²) in [5.74, 6) is -1.13. The number of carbonyl (C=O) groups is 1. The summed E-state index contributed by atoms with van der Waals surface area (Å²) < 4.78 is 52.1. The van der Waals surface area contributed by atoms with Crippen molar-refractivity contribution in [1.82, 2.24) is 14.9 Å². The predicted molar refractivity (Wildman–Crippen MR) is 107 cm³/mol. The molecule has 0 bridgehead atoms. The fourth-order valence-corrected chi connectivity index (χ4v) is 2.90. The van der Waals surface area contributed by atoms with Crippen LogP contribution in [0.1, 0.15) is 47.6 Å². The summed E-state index contributed by atoms with van der Waals surface area (Å²) in [5, 5.41) is 7.70. The van der Waals surface area contributed by atoms with E-state index in [9.17, 15) is 22.4 Å². The number of aldehydes is 1. The van der Waals surface area contributed by atoms with Crippen molar-refractivity contribution in [3.63, 3.8) is 0 Å². The molecular formula is C21H24F4N4O. The van der Waals surface area contributed by atoms with Crippen LogP contribution in [-0.2, 0) is 0 Å². The zero-order valence-corrected chi connectivity index (χ0v) is 16.6. The van der Waals surface area contributed by atoms with Gasteiger partial charge in [0.05, 0.1) is 17.6 Å². The molecule has 1 aromatic carbocycles. The van der Waals surface area contributed by atoms with Gasteiger partial charge in [-0.05, 0) is 68.9 Å². The van der Waals surface area contributed by atoms with E-state index in [1.165, 1.54) is 50.9 Å². The Morgan fingerprint density at radius 2 is 1.73 bits per heavy atom. The number of halogens is 4. The molecule has 2 aromatic rings. The molecule has 2 N–H and O–H groups in total. The Hall–Kier alpha value is -2.81. The van der Waals surface area contributed by atoms with Gasteiger partial charge in [-0.1, -0.05) is 12.8 Å². The number of allylic oxidation sites excluding steroid dienone is 2. The molecule has 5 nitrogen and oxygen atoms in total. The number of aromatic nitrogens is 2. The molecule has 0 saturated carbocycles. The second-order valence-electron chi connectivity index (χ2n) is 7.00. The zero-order valence-electron chi connectivity index (χ0n) is 16.6. The molecule has 0 radical (unpaired) electrons. The Morgan fingerprint density at radius 3 is 2.23 bits per heavy atom. The second-order valence-corrected chi connectivity index (χ2v) is 7.00. The summed E-state index contributed by atoms with van der Waals surface area (Å²) in [6.07, 6.45) is 2.81. The van der Waals surface area contributed by atoms with Crippen LogP contribution < -0.4 is 0 Å². The van der Waals surface area contributed by atoms with Gasteiger partial charge in [0.15, 0.2) is 6.29 Å². The SMILES string of the molecule is CN1CCCCCC1.N=C(/C=C(\c1ncc(C=O)[nH]1)C(F)(F)F)c1ccc(F)cc1. The molecule has 30 heavy (non-hydrogen) atoms. The summed E-state index contributed by atoms with van der Waals surface area (Å²) in [7, 11) is 2.21. The van der Waals surface area contributed by atoms with E-state index >= 15 is 0 Å². The minimum atomic E-state index is -4.77. The summed E-state index contributed by atoms with van der Waals surface area (Å²) in [5.41, 5.74) is -1.66. The standard InChI is InChI=1S/C14H9F4N3O.C7H15N/c15-9-3-1-8(2-4-9)12(19)5-11(14(16,17)18)13-20-6-10(7-22)21-13;1-8-6-4-2-3-5-7-8/h1-7,19H,(H,20,21);2-7H2,1H3/b11-5+,19-12?;. The van der Waals surface area contributed by atoms with E-state index in [0.29, 0.717) is 12.4 Å². The normalized spacial score (nSPS) is 15.7. The van der Waals surface area contributed by atoms with E-state index in [-0.39, 0.29) is 11.3 Å². The summed E-state index contributed by atoms with van der Waals surface area (Å²) in [6.45, 7) is 2.64. The first-order valence-corrected chi connectivity index (χ1v) is 9.53. The van der Waals surface area contributed by atoms with Crippen molar-refractivity contribution in [2.45, 2.75) is 31.9 Å². The van der Waals surface area contributed by atoms with Gasteiger partial charge in [0.25, 0.3) is 0 Å². The van der Waals surface area contributed by atoms with Crippen LogP contribution in [0.3, 0.4) is 0 Å². The summed E-state index contributed by atoms with van der Waals surface area (Å²) >= 11 is 0. The van der Waals surface area contributed by atoms with Crippen molar-refractivity contribution in [3.05, 3.63) is 59.4 Å². The largest absolute Gasteiger partial charge is 0.420 e. The molecule has 1 fully saturated rings. The predicted octanol–water partition coefficient (Wildman–Crippen LogP) is 4.87. The van der Waals surface area contributed by atoms with E-state index in [1.807, 2.05) is 0 Å². The molecule has 1 aliphatic heterocycles. The van der Waals surface area contributed by atoms with Crippen molar-refractivity contribution < 1.29 is 22.4 Å². The molecule has 162 valence electrons. The van der Waals surface area contributed by atoms with Gasteiger partial charge < -0.3 is 15.3 Å².